The molecule has 100 valence electrons. The van der Waals surface area contributed by atoms with E-state index in [0.717, 1.165) is 5.39 Å². The molecule has 0 bridgehead atoms. The molecule has 0 unspecified atom stereocenters. The van der Waals surface area contributed by atoms with Crippen molar-refractivity contribution in [2.24, 2.45) is 11.7 Å². The van der Waals surface area contributed by atoms with Gasteiger partial charge in [-0.15, -0.1) is 0 Å². The van der Waals surface area contributed by atoms with Gasteiger partial charge in [0, 0.05) is 11.6 Å². The number of nitrogens with two attached hydrogens (primary N) is 1. The largest absolute Gasteiger partial charge is 0.324 e. The van der Waals surface area contributed by atoms with Gasteiger partial charge in [0.2, 0.25) is 5.91 Å². The summed E-state index contributed by atoms with van der Waals surface area (Å²) in [5.74, 6) is -0.126. The molecule has 1 aromatic carbocycles. The third-order valence-corrected chi connectivity index (χ3v) is 3.30. The molecule has 0 aliphatic carbocycles. The summed E-state index contributed by atoms with van der Waals surface area (Å²) in [5, 5.41) is 4.19. The van der Waals surface area contributed by atoms with E-state index in [-0.39, 0.29) is 11.8 Å². The highest BCUT2D eigenvalue weighted by molar-refractivity contribution is 6.35. The predicted octanol–water partition coefficient (Wildman–Crippen LogP) is 2.81. The lowest BCUT2D eigenvalue weighted by Crippen LogP contribution is -2.39. The average Bonchev–Trinajstić information content (AvgIpc) is 2.41. The average molecular weight is 278 g/mol. The van der Waals surface area contributed by atoms with Gasteiger partial charge in [-0.05, 0) is 30.2 Å². The van der Waals surface area contributed by atoms with Crippen molar-refractivity contribution in [3.05, 3.63) is 35.5 Å². The normalized spacial score (nSPS) is 12.7. The Bertz CT molecular complexity index is 613. The third-order valence-electron chi connectivity index (χ3n) is 3.00. The van der Waals surface area contributed by atoms with Crippen LogP contribution in [0.25, 0.3) is 10.9 Å². The third kappa shape index (κ3) is 2.85. The summed E-state index contributed by atoms with van der Waals surface area (Å²) in [4.78, 5) is 16.2. The minimum atomic E-state index is -0.539. The number of nitrogens with one attached hydrogen (secondary N) is 1. The van der Waals surface area contributed by atoms with E-state index in [1.54, 1.807) is 24.4 Å². The first-order valence-corrected chi connectivity index (χ1v) is 6.48. The molecule has 1 heterocycles. The standard InChI is InChI=1S/C14H16ClN3O/c1-8(2)12(16)14(19)18-11-6-5-10(15)13-9(11)4-3-7-17-13/h3-8,12H,16H2,1-2H3,(H,18,19)/t12-/m0/s1. The second-order valence-electron chi connectivity index (χ2n) is 4.75. The maximum atomic E-state index is 12.0. The Hall–Kier alpha value is -1.65. The second kappa shape index (κ2) is 5.55. The number of pyridine rings is 1. The summed E-state index contributed by atoms with van der Waals surface area (Å²) in [7, 11) is 0. The first-order chi connectivity index (χ1) is 9.00. The number of benzene rings is 1. The van der Waals surface area contributed by atoms with Crippen LogP contribution in [0.3, 0.4) is 0 Å². The van der Waals surface area contributed by atoms with Crippen LogP contribution in [-0.2, 0) is 4.79 Å². The number of rotatable bonds is 3. The van der Waals surface area contributed by atoms with Crippen molar-refractivity contribution < 1.29 is 4.79 Å². The van der Waals surface area contributed by atoms with Crippen LogP contribution < -0.4 is 11.1 Å². The Balaban J connectivity index is 2.36. The molecular formula is C14H16ClN3O. The lowest BCUT2D eigenvalue weighted by molar-refractivity contribution is -0.118. The molecule has 1 amide bonds. The lowest BCUT2D eigenvalue weighted by Gasteiger charge is -2.16. The molecule has 4 nitrogen and oxygen atoms in total. The molecule has 2 aromatic rings. The van der Waals surface area contributed by atoms with Crippen molar-refractivity contribution in [1.29, 1.82) is 0 Å². The van der Waals surface area contributed by atoms with Crippen molar-refractivity contribution in [3.63, 3.8) is 0 Å². The van der Waals surface area contributed by atoms with Gasteiger partial charge in [0.05, 0.1) is 22.3 Å². The van der Waals surface area contributed by atoms with Crippen LogP contribution >= 0.6 is 11.6 Å². The van der Waals surface area contributed by atoms with Gasteiger partial charge < -0.3 is 11.1 Å². The van der Waals surface area contributed by atoms with Gasteiger partial charge in [0.15, 0.2) is 0 Å². The van der Waals surface area contributed by atoms with Crippen LogP contribution in [-0.4, -0.2) is 16.9 Å². The number of carbonyl (C=O) groups excluding carboxylic acids is 1. The fourth-order valence-corrected chi connectivity index (χ4v) is 1.98. The van der Waals surface area contributed by atoms with E-state index < -0.39 is 6.04 Å². The minimum absolute atomic E-state index is 0.0803. The lowest BCUT2D eigenvalue weighted by atomic mass is 10.0. The molecular weight excluding hydrogens is 262 g/mol. The molecule has 1 aromatic heterocycles. The number of anilines is 1. The maximum absolute atomic E-state index is 12.0. The molecule has 1 atom stereocenters. The zero-order chi connectivity index (χ0) is 14.0. The number of hydrogen-bond donors (Lipinski definition) is 2. The van der Waals surface area contributed by atoms with Crippen LogP contribution in [0.1, 0.15) is 13.8 Å². The molecule has 0 saturated heterocycles. The van der Waals surface area contributed by atoms with Crippen LogP contribution in [0.5, 0.6) is 0 Å². The van der Waals surface area contributed by atoms with Crippen molar-refractivity contribution in [2.45, 2.75) is 19.9 Å². The number of aromatic nitrogens is 1. The minimum Gasteiger partial charge on any atom is -0.324 e. The van der Waals surface area contributed by atoms with E-state index in [9.17, 15) is 4.79 Å². The van der Waals surface area contributed by atoms with E-state index in [1.165, 1.54) is 0 Å². The summed E-state index contributed by atoms with van der Waals surface area (Å²) in [5.41, 5.74) is 7.17. The number of nitrogens with zero attached hydrogens (tertiary/aromatic N) is 1. The van der Waals surface area contributed by atoms with Crippen LogP contribution in [0.15, 0.2) is 30.5 Å². The summed E-state index contributed by atoms with van der Waals surface area (Å²) < 4.78 is 0. The Labute approximate surface area is 117 Å². The fourth-order valence-electron chi connectivity index (χ4n) is 1.77. The monoisotopic (exact) mass is 277 g/mol. The Morgan fingerprint density at radius 1 is 1.37 bits per heavy atom. The Morgan fingerprint density at radius 2 is 2.11 bits per heavy atom. The molecule has 0 aliphatic heterocycles. The molecule has 0 spiro atoms. The highest BCUT2D eigenvalue weighted by Gasteiger charge is 2.18. The quantitative estimate of drug-likeness (QED) is 0.906. The predicted molar refractivity (Wildman–Crippen MR) is 78.2 cm³/mol. The van der Waals surface area contributed by atoms with E-state index in [1.807, 2.05) is 19.9 Å². The first kappa shape index (κ1) is 13.8. The molecule has 2 rings (SSSR count). The summed E-state index contributed by atoms with van der Waals surface area (Å²) in [6.07, 6.45) is 1.67. The van der Waals surface area contributed by atoms with Crippen molar-refractivity contribution in [2.75, 3.05) is 5.32 Å². The molecule has 19 heavy (non-hydrogen) atoms. The van der Waals surface area contributed by atoms with E-state index in [0.29, 0.717) is 16.2 Å². The molecule has 0 aliphatic rings. The van der Waals surface area contributed by atoms with E-state index in [4.69, 9.17) is 17.3 Å². The Kier molecular flexibility index (Phi) is 4.02. The van der Waals surface area contributed by atoms with Gasteiger partial charge in [-0.2, -0.15) is 0 Å². The van der Waals surface area contributed by atoms with Gasteiger partial charge in [0.25, 0.3) is 0 Å². The van der Waals surface area contributed by atoms with Gasteiger partial charge in [-0.1, -0.05) is 25.4 Å². The van der Waals surface area contributed by atoms with Crippen LogP contribution in [0, 0.1) is 5.92 Å². The van der Waals surface area contributed by atoms with Gasteiger partial charge in [0.1, 0.15) is 0 Å². The van der Waals surface area contributed by atoms with Crippen molar-refractivity contribution in [1.82, 2.24) is 4.98 Å². The molecule has 0 saturated carbocycles. The number of amides is 1. The van der Waals surface area contributed by atoms with Gasteiger partial charge >= 0.3 is 0 Å². The molecule has 0 fully saturated rings. The van der Waals surface area contributed by atoms with Crippen molar-refractivity contribution in [3.8, 4) is 0 Å². The van der Waals surface area contributed by atoms with Crippen LogP contribution in [0.4, 0.5) is 5.69 Å². The first-order valence-electron chi connectivity index (χ1n) is 6.10. The Morgan fingerprint density at radius 3 is 2.79 bits per heavy atom. The number of fused-ring (bicyclic) bond motifs is 1. The zero-order valence-corrected chi connectivity index (χ0v) is 11.6. The smallest absolute Gasteiger partial charge is 0.241 e. The van der Waals surface area contributed by atoms with E-state index in [2.05, 4.69) is 10.3 Å². The topological polar surface area (TPSA) is 68.0 Å². The number of halogens is 1. The second-order valence-corrected chi connectivity index (χ2v) is 5.16. The van der Waals surface area contributed by atoms with Gasteiger partial charge in [-0.25, -0.2) is 0 Å². The van der Waals surface area contributed by atoms with E-state index >= 15 is 0 Å². The molecule has 5 heteroatoms. The maximum Gasteiger partial charge on any atom is 0.241 e. The highest BCUT2D eigenvalue weighted by Crippen LogP contribution is 2.28. The summed E-state index contributed by atoms with van der Waals surface area (Å²) >= 11 is 6.08. The number of carbonyl (C=O) groups is 1. The number of hydrogen-bond acceptors (Lipinski definition) is 3. The SMILES string of the molecule is CC(C)[C@H](N)C(=O)Nc1ccc(Cl)c2ncccc12. The molecule has 3 N–H and O–H groups in total. The summed E-state index contributed by atoms with van der Waals surface area (Å²) in [6, 6.07) is 6.61. The highest BCUT2D eigenvalue weighted by atomic mass is 35.5. The summed E-state index contributed by atoms with van der Waals surface area (Å²) in [6.45, 7) is 3.82. The zero-order valence-electron chi connectivity index (χ0n) is 10.9. The fraction of sp³-hybridized carbons (Fsp3) is 0.286. The van der Waals surface area contributed by atoms with Crippen LogP contribution in [0.2, 0.25) is 5.02 Å². The molecule has 0 radical (unpaired) electrons. The van der Waals surface area contributed by atoms with Crippen molar-refractivity contribution >= 4 is 34.1 Å². The van der Waals surface area contributed by atoms with Gasteiger partial charge in [-0.3, -0.25) is 9.78 Å².